The molecule has 0 fully saturated rings. The van der Waals surface area contributed by atoms with Crippen LogP contribution in [0.3, 0.4) is 0 Å². The van der Waals surface area contributed by atoms with Crippen molar-refractivity contribution in [2.75, 3.05) is 0 Å². The van der Waals surface area contributed by atoms with Crippen LogP contribution in [0.4, 0.5) is 0 Å². The van der Waals surface area contributed by atoms with Crippen molar-refractivity contribution in [1.29, 1.82) is 0 Å². The summed E-state index contributed by atoms with van der Waals surface area (Å²) in [5.74, 6) is 0. The maximum Gasteiger partial charge on any atom is 0.193 e. The van der Waals surface area contributed by atoms with E-state index in [0.29, 0.717) is 0 Å². The van der Waals surface area contributed by atoms with E-state index in [0.717, 1.165) is 9.60 Å². The topological polar surface area (TPSA) is 17.8 Å². The fraction of sp³-hybridized carbons (Fsp3) is 0. The van der Waals surface area contributed by atoms with E-state index in [1.165, 1.54) is 10.9 Å². The molecular weight excluding hydrogens is 272 g/mol. The molecule has 0 bridgehead atoms. The van der Waals surface area contributed by atoms with Crippen LogP contribution in [0.5, 0.6) is 0 Å². The van der Waals surface area contributed by atoms with Crippen LogP contribution in [0.2, 0.25) is 0 Å². The molecule has 3 aromatic rings. The lowest BCUT2D eigenvalue weighted by atomic mass is 10.2. The molecule has 0 N–H and O–H groups in total. The molecule has 0 radical (unpaired) electrons. The number of fused-ring (bicyclic) bond motifs is 1. The second kappa shape index (κ2) is 3.47. The Morgan fingerprint density at radius 1 is 1.27 bits per heavy atom. The summed E-state index contributed by atoms with van der Waals surface area (Å²) in [5, 5.41) is 4.20. The van der Waals surface area contributed by atoms with Crippen molar-refractivity contribution in [1.82, 2.24) is 9.55 Å². The van der Waals surface area contributed by atoms with Crippen LogP contribution >= 0.6 is 27.3 Å². The molecular formula is C11H7BrN2S. The lowest BCUT2D eigenvalue weighted by Crippen LogP contribution is -1.89. The van der Waals surface area contributed by atoms with Crippen LogP contribution in [0.25, 0.3) is 16.0 Å². The molecule has 4 heteroatoms. The van der Waals surface area contributed by atoms with Crippen LogP contribution in [0.15, 0.2) is 46.5 Å². The zero-order valence-corrected chi connectivity index (χ0v) is 10.1. The predicted molar refractivity (Wildman–Crippen MR) is 66.6 cm³/mol. The average Bonchev–Trinajstić information content (AvgIpc) is 2.85. The lowest BCUT2D eigenvalue weighted by molar-refractivity contribution is 1.09. The van der Waals surface area contributed by atoms with Gasteiger partial charge < -0.3 is 0 Å². The van der Waals surface area contributed by atoms with Gasteiger partial charge in [0.25, 0.3) is 0 Å². The number of hydrogen-bond acceptors (Lipinski definition) is 2. The highest BCUT2D eigenvalue weighted by Crippen LogP contribution is 2.27. The maximum absolute atomic E-state index is 4.30. The van der Waals surface area contributed by atoms with E-state index in [2.05, 4.69) is 43.7 Å². The lowest BCUT2D eigenvalue weighted by Gasteiger charge is -2.00. The van der Waals surface area contributed by atoms with Crippen LogP contribution in [-0.2, 0) is 0 Å². The van der Waals surface area contributed by atoms with Gasteiger partial charge in [-0.3, -0.25) is 4.57 Å². The van der Waals surface area contributed by atoms with E-state index in [9.17, 15) is 0 Å². The number of thiazole rings is 1. The summed E-state index contributed by atoms with van der Waals surface area (Å²) in [5.41, 5.74) is 1.18. The van der Waals surface area contributed by atoms with Gasteiger partial charge in [-0.05, 0) is 18.2 Å². The van der Waals surface area contributed by atoms with Gasteiger partial charge in [0.1, 0.15) is 0 Å². The van der Waals surface area contributed by atoms with Crippen molar-refractivity contribution in [2.45, 2.75) is 0 Å². The molecule has 2 nitrogen and oxygen atoms in total. The molecule has 0 saturated carbocycles. The molecule has 15 heavy (non-hydrogen) atoms. The summed E-state index contributed by atoms with van der Waals surface area (Å²) in [6.45, 7) is 0. The zero-order chi connectivity index (χ0) is 10.3. The Hall–Kier alpha value is -1.13. The summed E-state index contributed by atoms with van der Waals surface area (Å²) >= 11 is 5.18. The van der Waals surface area contributed by atoms with Crippen molar-refractivity contribution in [3.63, 3.8) is 0 Å². The normalized spacial score (nSPS) is 11.0. The number of rotatable bonds is 1. The minimum Gasteiger partial charge on any atom is -0.293 e. The van der Waals surface area contributed by atoms with E-state index in [1.807, 2.05) is 23.8 Å². The van der Waals surface area contributed by atoms with E-state index < -0.39 is 0 Å². The highest BCUT2D eigenvalue weighted by Gasteiger charge is 2.06. The summed E-state index contributed by atoms with van der Waals surface area (Å²) in [4.78, 5) is 4.30. The average molecular weight is 279 g/mol. The Morgan fingerprint density at radius 3 is 3.00 bits per heavy atom. The standard InChI is InChI=1S/C11H7BrN2S/c12-9-2-1-3-10-8(9)4-6-14(10)11-13-5-7-15-11/h1-7H. The van der Waals surface area contributed by atoms with Gasteiger partial charge in [-0.1, -0.05) is 22.0 Å². The van der Waals surface area contributed by atoms with E-state index in [-0.39, 0.29) is 0 Å². The molecule has 0 amide bonds. The quantitative estimate of drug-likeness (QED) is 0.661. The van der Waals surface area contributed by atoms with Gasteiger partial charge >= 0.3 is 0 Å². The van der Waals surface area contributed by atoms with E-state index in [1.54, 1.807) is 11.3 Å². The summed E-state index contributed by atoms with van der Waals surface area (Å²) in [7, 11) is 0. The molecule has 3 rings (SSSR count). The van der Waals surface area contributed by atoms with Crippen molar-refractivity contribution in [2.24, 2.45) is 0 Å². The second-order valence-electron chi connectivity index (χ2n) is 3.17. The predicted octanol–water partition coefficient (Wildman–Crippen LogP) is 3.85. The van der Waals surface area contributed by atoms with Gasteiger partial charge in [-0.2, -0.15) is 0 Å². The maximum atomic E-state index is 4.30. The molecule has 0 aliphatic heterocycles. The van der Waals surface area contributed by atoms with Gasteiger partial charge in [-0.15, -0.1) is 11.3 Å². The van der Waals surface area contributed by atoms with E-state index in [4.69, 9.17) is 0 Å². The Morgan fingerprint density at radius 2 is 2.20 bits per heavy atom. The first-order valence-corrected chi connectivity index (χ1v) is 6.19. The number of nitrogens with zero attached hydrogens (tertiary/aromatic N) is 2. The summed E-state index contributed by atoms with van der Waals surface area (Å²) < 4.78 is 3.22. The molecule has 0 aliphatic rings. The first-order valence-electron chi connectivity index (χ1n) is 4.52. The van der Waals surface area contributed by atoms with Gasteiger partial charge in [0.15, 0.2) is 5.13 Å². The SMILES string of the molecule is Brc1cccc2c1ccn2-c1nccs1. The number of hydrogen-bond donors (Lipinski definition) is 0. The van der Waals surface area contributed by atoms with Crippen molar-refractivity contribution >= 4 is 38.2 Å². The Kier molecular flexibility index (Phi) is 2.11. The summed E-state index contributed by atoms with van der Waals surface area (Å²) in [6, 6.07) is 8.29. The molecule has 0 spiro atoms. The number of benzene rings is 1. The first-order chi connectivity index (χ1) is 7.36. The van der Waals surface area contributed by atoms with Gasteiger partial charge in [-0.25, -0.2) is 4.98 Å². The van der Waals surface area contributed by atoms with Crippen molar-refractivity contribution in [3.8, 4) is 5.13 Å². The van der Waals surface area contributed by atoms with E-state index >= 15 is 0 Å². The van der Waals surface area contributed by atoms with Gasteiger partial charge in [0.2, 0.25) is 0 Å². The Labute approximate surface area is 99.3 Å². The fourth-order valence-corrected chi connectivity index (χ4v) is 2.76. The molecule has 0 aliphatic carbocycles. The number of halogens is 1. The highest BCUT2D eigenvalue weighted by molar-refractivity contribution is 9.10. The third-order valence-corrected chi connectivity index (χ3v) is 3.77. The Balaban J connectivity index is 2.34. The minimum atomic E-state index is 1.00. The van der Waals surface area contributed by atoms with Crippen LogP contribution in [0, 0.1) is 0 Å². The zero-order valence-electron chi connectivity index (χ0n) is 7.72. The molecule has 2 aromatic heterocycles. The fourth-order valence-electron chi connectivity index (χ4n) is 1.63. The van der Waals surface area contributed by atoms with Crippen molar-refractivity contribution < 1.29 is 0 Å². The van der Waals surface area contributed by atoms with Crippen LogP contribution < -0.4 is 0 Å². The molecule has 74 valence electrons. The Bertz CT molecular complexity index is 598. The molecule has 0 unspecified atom stereocenters. The third kappa shape index (κ3) is 1.41. The smallest absolute Gasteiger partial charge is 0.193 e. The largest absolute Gasteiger partial charge is 0.293 e. The monoisotopic (exact) mass is 278 g/mol. The minimum absolute atomic E-state index is 1.00. The third-order valence-electron chi connectivity index (χ3n) is 2.31. The second-order valence-corrected chi connectivity index (χ2v) is 4.90. The summed E-state index contributed by atoms with van der Waals surface area (Å²) in [6.07, 6.45) is 3.87. The molecule has 1 aromatic carbocycles. The molecule has 0 saturated heterocycles. The number of aromatic nitrogens is 2. The van der Waals surface area contributed by atoms with Crippen molar-refractivity contribution in [3.05, 3.63) is 46.5 Å². The van der Waals surface area contributed by atoms with Crippen LogP contribution in [-0.4, -0.2) is 9.55 Å². The van der Waals surface area contributed by atoms with Gasteiger partial charge in [0, 0.05) is 27.6 Å². The molecule has 2 heterocycles. The van der Waals surface area contributed by atoms with Gasteiger partial charge in [0.05, 0.1) is 5.52 Å². The first kappa shape index (κ1) is 9.12. The highest BCUT2D eigenvalue weighted by atomic mass is 79.9. The molecule has 0 atom stereocenters. The van der Waals surface area contributed by atoms with Crippen LogP contribution in [0.1, 0.15) is 0 Å².